The Bertz CT molecular complexity index is 493. The molecule has 1 unspecified atom stereocenters. The van der Waals surface area contributed by atoms with Crippen LogP contribution in [-0.4, -0.2) is 30.3 Å². The number of carbonyl (C=O) groups excluding carboxylic acids is 1. The molecule has 0 radical (unpaired) electrons. The first kappa shape index (κ1) is 16.1. The number of carbonyl (C=O) groups is 2. The third-order valence-electron chi connectivity index (χ3n) is 2.59. The van der Waals surface area contributed by atoms with Crippen LogP contribution in [0.2, 0.25) is 5.02 Å². The van der Waals surface area contributed by atoms with E-state index in [1.165, 1.54) is 7.11 Å². The second-order valence-electron chi connectivity index (χ2n) is 4.13. The van der Waals surface area contributed by atoms with Gasteiger partial charge in [0, 0.05) is 11.8 Å². The van der Waals surface area contributed by atoms with Crippen molar-refractivity contribution in [2.75, 3.05) is 12.4 Å². The SMILES string of the molecule is CCCC(NC(=O)Nc1ccc(Cl)c(OC)c1)C(=O)O. The van der Waals surface area contributed by atoms with Crippen molar-refractivity contribution in [3.63, 3.8) is 0 Å². The van der Waals surface area contributed by atoms with Crippen molar-refractivity contribution >= 4 is 29.3 Å². The molecular weight excluding hydrogens is 284 g/mol. The predicted octanol–water partition coefficient (Wildman–Crippen LogP) is 2.72. The Morgan fingerprint density at radius 2 is 2.15 bits per heavy atom. The highest BCUT2D eigenvalue weighted by Gasteiger charge is 2.18. The largest absolute Gasteiger partial charge is 0.495 e. The van der Waals surface area contributed by atoms with Crippen LogP contribution in [0.25, 0.3) is 0 Å². The normalized spacial score (nSPS) is 11.6. The number of nitrogens with one attached hydrogen (secondary N) is 2. The molecule has 0 aliphatic heterocycles. The van der Waals surface area contributed by atoms with Gasteiger partial charge in [0.05, 0.1) is 12.1 Å². The molecule has 20 heavy (non-hydrogen) atoms. The molecule has 1 aromatic carbocycles. The number of aliphatic carboxylic acids is 1. The van der Waals surface area contributed by atoms with E-state index in [9.17, 15) is 9.59 Å². The van der Waals surface area contributed by atoms with Gasteiger partial charge in [-0.15, -0.1) is 0 Å². The number of carboxylic acids is 1. The minimum absolute atomic E-state index is 0.368. The van der Waals surface area contributed by atoms with Gasteiger partial charge < -0.3 is 20.5 Å². The maximum absolute atomic E-state index is 11.7. The molecule has 0 aliphatic rings. The highest BCUT2D eigenvalue weighted by atomic mass is 35.5. The van der Waals surface area contributed by atoms with Crippen molar-refractivity contribution < 1.29 is 19.4 Å². The van der Waals surface area contributed by atoms with Crippen LogP contribution >= 0.6 is 11.6 Å². The van der Waals surface area contributed by atoms with Crippen molar-refractivity contribution in [2.24, 2.45) is 0 Å². The average molecular weight is 301 g/mol. The fourth-order valence-corrected chi connectivity index (χ4v) is 1.80. The van der Waals surface area contributed by atoms with E-state index in [2.05, 4.69) is 10.6 Å². The molecule has 0 spiro atoms. The first-order valence-corrected chi connectivity index (χ1v) is 6.49. The van der Waals surface area contributed by atoms with Gasteiger partial charge >= 0.3 is 12.0 Å². The van der Waals surface area contributed by atoms with Gasteiger partial charge in [0.25, 0.3) is 0 Å². The molecule has 1 atom stereocenters. The fourth-order valence-electron chi connectivity index (χ4n) is 1.61. The number of urea groups is 1. The highest BCUT2D eigenvalue weighted by molar-refractivity contribution is 6.32. The van der Waals surface area contributed by atoms with Crippen LogP contribution in [0, 0.1) is 0 Å². The number of amides is 2. The molecule has 0 heterocycles. The maximum Gasteiger partial charge on any atom is 0.326 e. The number of ether oxygens (including phenoxy) is 1. The van der Waals surface area contributed by atoms with Crippen LogP contribution in [0.4, 0.5) is 10.5 Å². The van der Waals surface area contributed by atoms with Crippen molar-refractivity contribution in [1.29, 1.82) is 0 Å². The van der Waals surface area contributed by atoms with Gasteiger partial charge in [0.1, 0.15) is 11.8 Å². The number of halogens is 1. The van der Waals surface area contributed by atoms with Crippen LogP contribution in [0.5, 0.6) is 5.75 Å². The summed E-state index contributed by atoms with van der Waals surface area (Å²) in [6, 6.07) is 3.23. The Morgan fingerprint density at radius 1 is 1.45 bits per heavy atom. The number of hydrogen-bond donors (Lipinski definition) is 3. The van der Waals surface area contributed by atoms with E-state index in [4.69, 9.17) is 21.4 Å². The molecule has 0 bridgehead atoms. The Morgan fingerprint density at radius 3 is 2.70 bits per heavy atom. The molecular formula is C13H17ClN2O4. The number of anilines is 1. The topological polar surface area (TPSA) is 87.7 Å². The predicted molar refractivity (Wildman–Crippen MR) is 76.5 cm³/mol. The molecule has 110 valence electrons. The van der Waals surface area contributed by atoms with Crippen LogP contribution in [0.15, 0.2) is 18.2 Å². The maximum atomic E-state index is 11.7. The molecule has 0 aliphatic carbocycles. The zero-order valence-corrected chi connectivity index (χ0v) is 12.0. The first-order chi connectivity index (χ1) is 9.47. The molecule has 0 aromatic heterocycles. The smallest absolute Gasteiger partial charge is 0.326 e. The summed E-state index contributed by atoms with van der Waals surface area (Å²) in [6.07, 6.45) is 1.03. The zero-order chi connectivity index (χ0) is 15.1. The summed E-state index contributed by atoms with van der Waals surface area (Å²) < 4.78 is 5.03. The molecule has 2 amide bonds. The Balaban J connectivity index is 2.68. The van der Waals surface area contributed by atoms with Crippen LogP contribution in [-0.2, 0) is 4.79 Å². The summed E-state index contributed by atoms with van der Waals surface area (Å²) in [5.74, 6) is -0.636. The van der Waals surface area contributed by atoms with E-state index < -0.39 is 18.0 Å². The summed E-state index contributed by atoms with van der Waals surface area (Å²) >= 11 is 5.87. The Labute approximate surface area is 122 Å². The molecule has 1 aromatic rings. The number of benzene rings is 1. The third-order valence-corrected chi connectivity index (χ3v) is 2.90. The van der Waals surface area contributed by atoms with Crippen molar-refractivity contribution in [1.82, 2.24) is 5.32 Å². The molecule has 6 nitrogen and oxygen atoms in total. The standard InChI is InChI=1S/C13H17ClN2O4/c1-3-4-10(12(17)18)16-13(19)15-8-5-6-9(14)11(7-8)20-2/h5-7,10H,3-4H2,1-2H3,(H,17,18)(H2,15,16,19). The number of methoxy groups -OCH3 is 1. The van der Waals surface area contributed by atoms with Gasteiger partial charge in [0.15, 0.2) is 0 Å². The number of carboxylic acid groups (broad SMARTS) is 1. The lowest BCUT2D eigenvalue weighted by Gasteiger charge is -2.14. The second-order valence-corrected chi connectivity index (χ2v) is 4.53. The third kappa shape index (κ3) is 4.62. The molecule has 1 rings (SSSR count). The van der Waals surface area contributed by atoms with Crippen LogP contribution < -0.4 is 15.4 Å². The van der Waals surface area contributed by atoms with Crippen molar-refractivity contribution in [3.8, 4) is 5.75 Å². The van der Waals surface area contributed by atoms with E-state index >= 15 is 0 Å². The molecule has 0 fully saturated rings. The highest BCUT2D eigenvalue weighted by Crippen LogP contribution is 2.27. The summed E-state index contributed by atoms with van der Waals surface area (Å²) in [7, 11) is 1.47. The van der Waals surface area contributed by atoms with Gasteiger partial charge in [-0.25, -0.2) is 9.59 Å². The van der Waals surface area contributed by atoms with Crippen molar-refractivity contribution in [3.05, 3.63) is 23.2 Å². The quantitative estimate of drug-likeness (QED) is 0.754. The average Bonchev–Trinajstić information content (AvgIpc) is 2.40. The monoisotopic (exact) mass is 300 g/mol. The Kier molecular flexibility index (Phi) is 6.11. The summed E-state index contributed by atoms with van der Waals surface area (Å²) in [5.41, 5.74) is 0.462. The molecule has 3 N–H and O–H groups in total. The lowest BCUT2D eigenvalue weighted by atomic mass is 10.2. The fraction of sp³-hybridized carbons (Fsp3) is 0.385. The van der Waals surface area contributed by atoms with Gasteiger partial charge in [-0.2, -0.15) is 0 Å². The van der Waals surface area contributed by atoms with E-state index in [0.29, 0.717) is 29.3 Å². The lowest BCUT2D eigenvalue weighted by molar-refractivity contribution is -0.139. The summed E-state index contributed by atoms with van der Waals surface area (Å²) in [5, 5.41) is 14.3. The van der Waals surface area contributed by atoms with E-state index in [0.717, 1.165) is 0 Å². The van der Waals surface area contributed by atoms with E-state index in [1.807, 2.05) is 6.92 Å². The van der Waals surface area contributed by atoms with Crippen molar-refractivity contribution in [2.45, 2.75) is 25.8 Å². The second kappa shape index (κ2) is 7.59. The summed E-state index contributed by atoms with van der Waals surface area (Å²) in [4.78, 5) is 22.7. The van der Waals surface area contributed by atoms with Crippen LogP contribution in [0.1, 0.15) is 19.8 Å². The summed E-state index contributed by atoms with van der Waals surface area (Å²) in [6.45, 7) is 1.85. The minimum atomic E-state index is -1.06. The van der Waals surface area contributed by atoms with E-state index in [1.54, 1.807) is 18.2 Å². The van der Waals surface area contributed by atoms with E-state index in [-0.39, 0.29) is 0 Å². The zero-order valence-electron chi connectivity index (χ0n) is 11.3. The van der Waals surface area contributed by atoms with Gasteiger partial charge in [-0.3, -0.25) is 0 Å². The van der Waals surface area contributed by atoms with Gasteiger partial charge in [-0.05, 0) is 18.6 Å². The molecule has 0 saturated heterocycles. The Hall–Kier alpha value is -1.95. The molecule has 0 saturated carbocycles. The minimum Gasteiger partial charge on any atom is -0.495 e. The lowest BCUT2D eigenvalue weighted by Crippen LogP contribution is -2.42. The number of hydrogen-bond acceptors (Lipinski definition) is 3. The van der Waals surface area contributed by atoms with Crippen LogP contribution in [0.3, 0.4) is 0 Å². The molecule has 7 heteroatoms. The van der Waals surface area contributed by atoms with Gasteiger partial charge in [0.2, 0.25) is 0 Å². The first-order valence-electron chi connectivity index (χ1n) is 6.11. The number of rotatable bonds is 6. The van der Waals surface area contributed by atoms with Gasteiger partial charge in [-0.1, -0.05) is 24.9 Å².